The first-order valence-corrected chi connectivity index (χ1v) is 8.88. The number of fused-ring (bicyclic) bond motifs is 3. The van der Waals surface area contributed by atoms with E-state index in [-0.39, 0.29) is 0 Å². The van der Waals surface area contributed by atoms with Crippen molar-refractivity contribution in [1.29, 1.82) is 0 Å². The largest absolute Gasteiger partial charge is 0.390 e. The zero-order chi connectivity index (χ0) is 17.0. The van der Waals surface area contributed by atoms with E-state index >= 15 is 0 Å². The molecule has 4 N–H and O–H groups in total. The summed E-state index contributed by atoms with van der Waals surface area (Å²) >= 11 is 0. The molecule has 0 spiro atoms. The van der Waals surface area contributed by atoms with Gasteiger partial charge in [-0.2, -0.15) is 0 Å². The van der Waals surface area contributed by atoms with Gasteiger partial charge in [0, 0.05) is 23.7 Å². The van der Waals surface area contributed by atoms with E-state index in [2.05, 4.69) is 24.0 Å². The molecule has 2 fully saturated rings. The molecule has 0 saturated carbocycles. The normalized spacial score (nSPS) is 44.5. The van der Waals surface area contributed by atoms with Crippen LogP contribution in [0.5, 0.6) is 0 Å². The molecule has 128 valence electrons. The van der Waals surface area contributed by atoms with Gasteiger partial charge in [-0.3, -0.25) is 0 Å². The van der Waals surface area contributed by atoms with Crippen LogP contribution >= 0.6 is 0 Å². The van der Waals surface area contributed by atoms with Crippen molar-refractivity contribution in [2.45, 2.75) is 49.5 Å². The van der Waals surface area contributed by atoms with Crippen LogP contribution in [0.1, 0.15) is 31.5 Å². The number of aromatic nitrogens is 1. The standard InChI is InChI=1S/C19H25N2O3/c1-12(22)18(23)11-21-9-7-14-13-5-3-4-6-15(13)20-16(14)17(21,2)19(18,24)8-10-21/h3-6,12,20,22-24H,7-11H2,1-2H3/q+1/t12-,17+,18-,19+,21?/m1/s1. The third-order valence-corrected chi connectivity index (χ3v) is 7.70. The molecule has 5 atom stereocenters. The number of hydrogen-bond donors (Lipinski definition) is 4. The Bertz CT molecular complexity index is 861. The number of benzene rings is 1. The van der Waals surface area contributed by atoms with Crippen LogP contribution in [-0.2, 0) is 12.0 Å². The number of nitrogens with one attached hydrogen (secondary N) is 1. The second kappa shape index (κ2) is 4.05. The average Bonchev–Trinajstić information content (AvgIpc) is 3.09. The van der Waals surface area contributed by atoms with Crippen molar-refractivity contribution < 1.29 is 19.8 Å². The highest BCUT2D eigenvalue weighted by molar-refractivity contribution is 5.85. The Kier molecular flexibility index (Phi) is 2.51. The quantitative estimate of drug-likeness (QED) is 0.590. The molecule has 3 aliphatic heterocycles. The molecule has 0 radical (unpaired) electrons. The lowest BCUT2D eigenvalue weighted by molar-refractivity contribution is -0.966. The van der Waals surface area contributed by atoms with Crippen LogP contribution in [-0.4, -0.2) is 61.7 Å². The molecule has 24 heavy (non-hydrogen) atoms. The van der Waals surface area contributed by atoms with Gasteiger partial charge in [-0.1, -0.05) is 18.2 Å². The number of aromatic amines is 1. The summed E-state index contributed by atoms with van der Waals surface area (Å²) in [6.45, 7) is 5.82. The van der Waals surface area contributed by atoms with E-state index in [1.807, 2.05) is 12.1 Å². The van der Waals surface area contributed by atoms with E-state index in [0.29, 0.717) is 17.4 Å². The number of piperidine rings is 1. The van der Waals surface area contributed by atoms with Crippen LogP contribution in [0.15, 0.2) is 24.3 Å². The number of rotatable bonds is 1. The van der Waals surface area contributed by atoms with E-state index in [4.69, 9.17) is 0 Å². The molecule has 1 aromatic heterocycles. The number of para-hydroxylation sites is 1. The summed E-state index contributed by atoms with van der Waals surface area (Å²) in [6, 6.07) is 8.25. The van der Waals surface area contributed by atoms with Gasteiger partial charge < -0.3 is 24.8 Å². The van der Waals surface area contributed by atoms with Crippen molar-refractivity contribution >= 4 is 10.9 Å². The molecular weight excluding hydrogens is 304 g/mol. The van der Waals surface area contributed by atoms with Gasteiger partial charge >= 0.3 is 0 Å². The average molecular weight is 329 g/mol. The first-order chi connectivity index (χ1) is 11.3. The molecule has 1 aromatic carbocycles. The molecule has 0 aliphatic carbocycles. The lowest BCUT2D eigenvalue weighted by Gasteiger charge is -2.47. The first kappa shape index (κ1) is 14.9. The highest BCUT2D eigenvalue weighted by atomic mass is 16.4. The topological polar surface area (TPSA) is 76.5 Å². The summed E-state index contributed by atoms with van der Waals surface area (Å²) in [5.41, 5.74) is -0.0296. The third-order valence-electron chi connectivity index (χ3n) is 7.70. The van der Waals surface area contributed by atoms with Crippen LogP contribution in [0, 0.1) is 0 Å². The molecule has 2 bridgehead atoms. The number of H-pyrrole nitrogens is 1. The van der Waals surface area contributed by atoms with Gasteiger partial charge in [-0.25, -0.2) is 0 Å². The van der Waals surface area contributed by atoms with E-state index < -0.39 is 22.8 Å². The van der Waals surface area contributed by atoms with Crippen molar-refractivity contribution in [3.63, 3.8) is 0 Å². The van der Waals surface area contributed by atoms with Gasteiger partial charge in [0.2, 0.25) is 0 Å². The van der Waals surface area contributed by atoms with Gasteiger partial charge in [0.1, 0.15) is 6.54 Å². The van der Waals surface area contributed by atoms with Crippen molar-refractivity contribution in [3.05, 3.63) is 35.5 Å². The predicted molar refractivity (Wildman–Crippen MR) is 90.4 cm³/mol. The van der Waals surface area contributed by atoms with E-state index in [0.717, 1.165) is 30.7 Å². The maximum atomic E-state index is 11.7. The monoisotopic (exact) mass is 329 g/mol. The summed E-state index contributed by atoms with van der Waals surface area (Å²) in [5.74, 6) is 0. The zero-order valence-electron chi connectivity index (χ0n) is 14.2. The maximum absolute atomic E-state index is 11.7. The fourth-order valence-corrected chi connectivity index (χ4v) is 6.24. The third kappa shape index (κ3) is 1.25. The number of aliphatic hydroxyl groups is 3. The van der Waals surface area contributed by atoms with Crippen molar-refractivity contribution in [3.8, 4) is 0 Å². The smallest absolute Gasteiger partial charge is 0.174 e. The molecule has 2 saturated heterocycles. The first-order valence-electron chi connectivity index (χ1n) is 8.88. The van der Waals surface area contributed by atoms with Crippen molar-refractivity contribution in [1.82, 2.24) is 4.98 Å². The highest BCUT2D eigenvalue weighted by Gasteiger charge is 2.84. The van der Waals surface area contributed by atoms with Crippen molar-refractivity contribution in [2.75, 3.05) is 19.6 Å². The Balaban J connectivity index is 1.83. The van der Waals surface area contributed by atoms with E-state index in [1.54, 1.807) is 6.92 Å². The van der Waals surface area contributed by atoms with Gasteiger partial charge in [0.25, 0.3) is 0 Å². The Labute approximate surface area is 141 Å². The summed E-state index contributed by atoms with van der Waals surface area (Å²) < 4.78 is 0.657. The fraction of sp³-hybridized carbons (Fsp3) is 0.579. The van der Waals surface area contributed by atoms with Crippen LogP contribution < -0.4 is 0 Å². The number of nitrogens with zero attached hydrogens (tertiary/aromatic N) is 1. The summed E-state index contributed by atoms with van der Waals surface area (Å²) in [7, 11) is 0. The van der Waals surface area contributed by atoms with Gasteiger partial charge in [-0.15, -0.1) is 0 Å². The molecular formula is C19H25N2O3+. The Hall–Kier alpha value is -1.40. The minimum absolute atomic E-state index is 0.409. The number of hydrogen-bond acceptors (Lipinski definition) is 3. The Morgan fingerprint density at radius 1 is 1.21 bits per heavy atom. The fourth-order valence-electron chi connectivity index (χ4n) is 6.24. The summed E-state index contributed by atoms with van der Waals surface area (Å²) in [5, 5.41) is 34.5. The lowest BCUT2D eigenvalue weighted by atomic mass is 9.68. The van der Waals surface area contributed by atoms with Gasteiger partial charge in [0.05, 0.1) is 24.9 Å². The molecule has 1 unspecified atom stereocenters. The SMILES string of the molecule is C[C@@H](O)[C@]1(O)C[N+]23CCc4c([nH]c5ccccc45)[C@@]2(C)[C@@]1(O)CC3. The minimum atomic E-state index is -1.47. The van der Waals surface area contributed by atoms with E-state index in [9.17, 15) is 15.3 Å². The van der Waals surface area contributed by atoms with Gasteiger partial charge in [0.15, 0.2) is 16.7 Å². The molecule has 5 heteroatoms. The molecule has 2 aromatic rings. The van der Waals surface area contributed by atoms with Crippen LogP contribution in [0.4, 0.5) is 0 Å². The van der Waals surface area contributed by atoms with Crippen LogP contribution in [0.25, 0.3) is 10.9 Å². The van der Waals surface area contributed by atoms with Crippen LogP contribution in [0.3, 0.4) is 0 Å². The van der Waals surface area contributed by atoms with Crippen LogP contribution in [0.2, 0.25) is 0 Å². The lowest BCUT2D eigenvalue weighted by Crippen LogP contribution is -2.64. The second-order valence-electron chi connectivity index (χ2n) is 8.31. The second-order valence-corrected chi connectivity index (χ2v) is 8.31. The summed E-state index contributed by atoms with van der Waals surface area (Å²) in [4.78, 5) is 3.56. The number of quaternary nitrogens is 1. The number of aliphatic hydroxyl groups excluding tert-OH is 1. The Morgan fingerprint density at radius 2 is 1.96 bits per heavy atom. The summed E-state index contributed by atoms with van der Waals surface area (Å²) in [6.07, 6.45) is 0.480. The molecule has 5 rings (SSSR count). The zero-order valence-corrected chi connectivity index (χ0v) is 14.2. The Morgan fingerprint density at radius 3 is 2.71 bits per heavy atom. The molecule has 5 nitrogen and oxygen atoms in total. The predicted octanol–water partition coefficient (Wildman–Crippen LogP) is 1.02. The van der Waals surface area contributed by atoms with E-state index in [1.165, 1.54) is 10.9 Å². The minimum Gasteiger partial charge on any atom is -0.390 e. The molecule has 0 amide bonds. The highest BCUT2D eigenvalue weighted by Crippen LogP contribution is 2.64. The van der Waals surface area contributed by atoms with Crippen molar-refractivity contribution in [2.24, 2.45) is 0 Å². The maximum Gasteiger partial charge on any atom is 0.174 e. The van der Waals surface area contributed by atoms with Gasteiger partial charge in [-0.05, 0) is 25.5 Å². The molecule has 4 heterocycles. The molecule has 3 aliphatic rings.